The Labute approximate surface area is 271 Å². The summed E-state index contributed by atoms with van der Waals surface area (Å²) in [5.41, 5.74) is 6.89. The van der Waals surface area contributed by atoms with Crippen LogP contribution in [0.2, 0.25) is 5.02 Å². The second-order valence-electron chi connectivity index (χ2n) is 13.1. The predicted molar refractivity (Wildman–Crippen MR) is 182 cm³/mol. The van der Waals surface area contributed by atoms with E-state index < -0.39 is 0 Å². The lowest BCUT2D eigenvalue weighted by Crippen LogP contribution is -2.47. The molecule has 0 unspecified atom stereocenters. The minimum absolute atomic E-state index is 0.301. The first-order valence-electron chi connectivity index (χ1n) is 16.1. The van der Waals surface area contributed by atoms with Crippen molar-refractivity contribution in [2.75, 3.05) is 44.2 Å². The number of nitrogens with one attached hydrogen (secondary N) is 1. The van der Waals surface area contributed by atoms with E-state index in [1.165, 1.54) is 17.6 Å². The summed E-state index contributed by atoms with van der Waals surface area (Å²) in [6, 6.07) is 18.0. The molecule has 0 amide bonds. The van der Waals surface area contributed by atoms with Crippen molar-refractivity contribution in [1.29, 1.82) is 0 Å². The van der Waals surface area contributed by atoms with Crippen LogP contribution < -0.4 is 9.64 Å². The van der Waals surface area contributed by atoms with Gasteiger partial charge in [-0.05, 0) is 78.6 Å². The minimum atomic E-state index is -0.370. The molecule has 0 saturated carbocycles. The summed E-state index contributed by atoms with van der Waals surface area (Å²) in [7, 11) is 0. The number of H-pyrrole nitrogens is 1. The van der Waals surface area contributed by atoms with Gasteiger partial charge in [0.1, 0.15) is 22.7 Å². The molecule has 45 heavy (non-hydrogen) atoms. The van der Waals surface area contributed by atoms with Crippen LogP contribution in [0.5, 0.6) is 11.5 Å². The van der Waals surface area contributed by atoms with Gasteiger partial charge in [-0.3, -0.25) is 4.90 Å². The molecule has 236 valence electrons. The fraction of sp³-hybridized carbons (Fsp3) is 0.405. The van der Waals surface area contributed by atoms with Crippen LogP contribution in [-0.2, 0) is 4.74 Å². The number of ether oxygens (including phenoxy) is 2. The Morgan fingerprint density at radius 3 is 2.62 bits per heavy atom. The maximum atomic E-state index is 13.1. The largest absolute Gasteiger partial charge is 0.462 e. The summed E-state index contributed by atoms with van der Waals surface area (Å²) < 4.78 is 11.9. The van der Waals surface area contributed by atoms with Gasteiger partial charge in [-0.15, -0.1) is 0 Å². The summed E-state index contributed by atoms with van der Waals surface area (Å²) in [4.78, 5) is 25.6. The third-order valence-corrected chi connectivity index (χ3v) is 9.30. The number of carbonyl (C=O) groups is 1. The number of piperazine rings is 1. The van der Waals surface area contributed by atoms with Crippen LogP contribution in [0.25, 0.3) is 16.6 Å². The highest BCUT2D eigenvalue weighted by atomic mass is 35.5. The Hall–Kier alpha value is -3.81. The van der Waals surface area contributed by atoms with Gasteiger partial charge in [-0.2, -0.15) is 0 Å². The van der Waals surface area contributed by atoms with E-state index in [2.05, 4.69) is 52.7 Å². The second kappa shape index (κ2) is 13.7. The number of rotatable bonds is 10. The third-order valence-electron chi connectivity index (χ3n) is 9.05. The highest BCUT2D eigenvalue weighted by Gasteiger charge is 2.29. The Morgan fingerprint density at radius 1 is 1.04 bits per heavy atom. The van der Waals surface area contributed by atoms with E-state index in [-0.39, 0.29) is 5.97 Å². The predicted octanol–water partition coefficient (Wildman–Crippen LogP) is 8.75. The van der Waals surface area contributed by atoms with E-state index in [1.54, 1.807) is 11.8 Å². The lowest BCUT2D eigenvalue weighted by atomic mass is 9.72. The van der Waals surface area contributed by atoms with E-state index >= 15 is 0 Å². The molecular formula is C37H43ClN4O3. The Bertz CT molecular complexity index is 1670. The molecule has 2 aromatic carbocycles. The first-order valence-corrected chi connectivity index (χ1v) is 16.5. The molecule has 1 aliphatic carbocycles. The molecule has 0 atom stereocenters. The zero-order valence-electron chi connectivity index (χ0n) is 26.6. The van der Waals surface area contributed by atoms with Gasteiger partial charge in [-0.1, -0.05) is 56.5 Å². The van der Waals surface area contributed by atoms with E-state index in [4.69, 9.17) is 21.1 Å². The maximum absolute atomic E-state index is 13.1. The molecule has 1 N–H and O–H groups in total. The van der Waals surface area contributed by atoms with Crippen molar-refractivity contribution in [1.82, 2.24) is 14.9 Å². The van der Waals surface area contributed by atoms with Gasteiger partial charge < -0.3 is 19.4 Å². The number of allylic oxidation sites excluding steroid dienone is 1. The average molecular weight is 627 g/mol. The van der Waals surface area contributed by atoms with E-state index in [0.29, 0.717) is 29.1 Å². The van der Waals surface area contributed by atoms with Crippen molar-refractivity contribution < 1.29 is 14.3 Å². The van der Waals surface area contributed by atoms with Crippen molar-refractivity contribution in [2.24, 2.45) is 5.41 Å². The Morgan fingerprint density at radius 2 is 1.84 bits per heavy atom. The van der Waals surface area contributed by atoms with Gasteiger partial charge in [0, 0.05) is 61.1 Å². The van der Waals surface area contributed by atoms with E-state index in [1.807, 2.05) is 48.7 Å². The Balaban J connectivity index is 1.18. The van der Waals surface area contributed by atoms with Gasteiger partial charge in [0.2, 0.25) is 0 Å². The molecule has 0 spiro atoms. The molecule has 4 aromatic rings. The molecule has 0 bridgehead atoms. The van der Waals surface area contributed by atoms with Gasteiger partial charge in [0.15, 0.2) is 0 Å². The number of anilines is 1. The van der Waals surface area contributed by atoms with Crippen molar-refractivity contribution in [2.45, 2.75) is 52.9 Å². The average Bonchev–Trinajstić information content (AvgIpc) is 3.51. The molecule has 1 aliphatic heterocycles. The molecule has 6 rings (SSSR count). The number of fused-ring (bicyclic) bond motifs is 1. The lowest BCUT2D eigenvalue weighted by molar-refractivity contribution is 0.0497. The second-order valence-corrected chi connectivity index (χ2v) is 13.5. The minimum Gasteiger partial charge on any atom is -0.462 e. The number of aromatic amines is 1. The SMILES string of the molecule is CCCCOC(=O)c1ccc(N2CCN(CC3=C(c4ccc(Cl)cc4)CC(C)(C)CC3)CC2)cc1Oc1cnc2[nH]ccc2c1. The molecule has 2 aliphatic rings. The van der Waals surface area contributed by atoms with Crippen LogP contribution >= 0.6 is 11.6 Å². The van der Waals surface area contributed by atoms with E-state index in [0.717, 1.165) is 80.2 Å². The molecule has 0 radical (unpaired) electrons. The lowest BCUT2D eigenvalue weighted by Gasteiger charge is -2.39. The monoisotopic (exact) mass is 626 g/mol. The summed E-state index contributed by atoms with van der Waals surface area (Å²) in [5, 5.41) is 1.73. The fourth-order valence-corrected chi connectivity index (χ4v) is 6.47. The van der Waals surface area contributed by atoms with Gasteiger partial charge in [0.05, 0.1) is 12.8 Å². The normalized spacial score (nSPS) is 17.1. The number of esters is 1. The number of carbonyl (C=O) groups excluding carboxylic acids is 1. The summed E-state index contributed by atoms with van der Waals surface area (Å²) >= 11 is 6.22. The van der Waals surface area contributed by atoms with Crippen molar-refractivity contribution in [3.05, 3.63) is 88.7 Å². The third kappa shape index (κ3) is 7.54. The smallest absolute Gasteiger partial charge is 0.341 e. The molecule has 1 fully saturated rings. The van der Waals surface area contributed by atoms with E-state index in [9.17, 15) is 4.79 Å². The number of nitrogens with zero attached hydrogens (tertiary/aromatic N) is 3. The molecule has 1 saturated heterocycles. The first kappa shape index (κ1) is 31.2. The molecular weight excluding hydrogens is 584 g/mol. The number of hydrogen-bond donors (Lipinski definition) is 1. The van der Waals surface area contributed by atoms with Crippen LogP contribution in [0.15, 0.2) is 72.6 Å². The van der Waals surface area contributed by atoms with Crippen LogP contribution in [0, 0.1) is 5.41 Å². The molecule has 8 heteroatoms. The van der Waals surface area contributed by atoms with Crippen LogP contribution in [0.1, 0.15) is 68.8 Å². The first-order chi connectivity index (χ1) is 21.8. The van der Waals surface area contributed by atoms with Gasteiger partial charge >= 0.3 is 5.97 Å². The van der Waals surface area contributed by atoms with Crippen molar-refractivity contribution >= 4 is 39.9 Å². The van der Waals surface area contributed by atoms with Crippen LogP contribution in [0.3, 0.4) is 0 Å². The highest BCUT2D eigenvalue weighted by molar-refractivity contribution is 6.30. The fourth-order valence-electron chi connectivity index (χ4n) is 6.35. The quantitative estimate of drug-likeness (QED) is 0.140. The summed E-state index contributed by atoms with van der Waals surface area (Å²) in [6.45, 7) is 11.9. The maximum Gasteiger partial charge on any atom is 0.341 e. The number of halogens is 1. The van der Waals surface area contributed by atoms with Crippen LogP contribution in [0.4, 0.5) is 5.69 Å². The summed E-state index contributed by atoms with van der Waals surface area (Å²) in [5.74, 6) is 0.689. The molecule has 2 aromatic heterocycles. The topological polar surface area (TPSA) is 70.7 Å². The summed E-state index contributed by atoms with van der Waals surface area (Å²) in [6.07, 6.45) is 8.74. The zero-order chi connectivity index (χ0) is 31.4. The number of benzene rings is 2. The highest BCUT2D eigenvalue weighted by Crippen LogP contribution is 2.43. The number of hydrogen-bond acceptors (Lipinski definition) is 6. The molecule has 7 nitrogen and oxygen atoms in total. The number of unbranched alkanes of at least 4 members (excludes halogenated alkanes) is 1. The van der Waals surface area contributed by atoms with Crippen molar-refractivity contribution in [3.8, 4) is 11.5 Å². The van der Waals surface area contributed by atoms with Crippen molar-refractivity contribution in [3.63, 3.8) is 0 Å². The number of aromatic nitrogens is 2. The van der Waals surface area contributed by atoms with Gasteiger partial charge in [0.25, 0.3) is 0 Å². The molecule has 3 heterocycles. The number of pyridine rings is 1. The van der Waals surface area contributed by atoms with Gasteiger partial charge in [-0.25, -0.2) is 9.78 Å². The zero-order valence-corrected chi connectivity index (χ0v) is 27.3. The Kier molecular flexibility index (Phi) is 9.47. The van der Waals surface area contributed by atoms with Crippen LogP contribution in [-0.4, -0.2) is 60.2 Å². The standard InChI is InChI=1S/C37H43ClN4O3/c1-4-5-20-44-36(43)32-11-10-30(22-34(32)45-31-21-27-13-15-39-35(27)40-24-31)42-18-16-41(17-19-42)25-28-12-14-37(2,3)23-33(28)26-6-8-29(38)9-7-26/h6-11,13,15,21-22,24H,4-5,12,14,16-20,23,25H2,1-3H3,(H,39,40).